The number of pyridine rings is 1. The minimum absolute atomic E-state index is 0.254. The maximum Gasteiger partial charge on any atom is 0.265 e. The minimum atomic E-state index is -4.09. The summed E-state index contributed by atoms with van der Waals surface area (Å²) in [5.41, 5.74) is 3.94. The van der Waals surface area contributed by atoms with Crippen LogP contribution in [0.2, 0.25) is 0 Å². The molecule has 0 amide bonds. The molecule has 7 nitrogen and oxygen atoms in total. The number of halogens is 1. The molecular formula is C31H39FN2O5S. The van der Waals surface area contributed by atoms with Gasteiger partial charge < -0.3 is 9.47 Å². The highest BCUT2D eigenvalue weighted by Gasteiger charge is 2.35. The first-order valence-corrected chi connectivity index (χ1v) is 15.3. The van der Waals surface area contributed by atoms with Crippen LogP contribution < -0.4 is 9.47 Å². The number of hydrogen-bond donors (Lipinski definition) is 1. The van der Waals surface area contributed by atoms with Gasteiger partial charge >= 0.3 is 0 Å². The van der Waals surface area contributed by atoms with E-state index in [1.807, 2.05) is 36.4 Å². The lowest BCUT2D eigenvalue weighted by Gasteiger charge is -2.31. The molecule has 1 heterocycles. The third-order valence-corrected chi connectivity index (χ3v) is 8.23. The van der Waals surface area contributed by atoms with Crippen molar-refractivity contribution in [2.24, 2.45) is 5.92 Å². The van der Waals surface area contributed by atoms with Crippen molar-refractivity contribution in [3.8, 4) is 22.8 Å². The fourth-order valence-electron chi connectivity index (χ4n) is 5.26. The van der Waals surface area contributed by atoms with E-state index in [9.17, 15) is 17.4 Å². The average Bonchev–Trinajstić information content (AvgIpc) is 3.74. The summed E-state index contributed by atoms with van der Waals surface area (Å²) in [6.45, 7) is 9.49. The summed E-state index contributed by atoms with van der Waals surface area (Å²) in [5.74, 6) is 0.264. The lowest BCUT2D eigenvalue weighted by Crippen LogP contribution is -2.36. The van der Waals surface area contributed by atoms with E-state index in [0.717, 1.165) is 35.1 Å². The van der Waals surface area contributed by atoms with Crippen LogP contribution in [0, 0.1) is 11.7 Å². The molecule has 0 radical (unpaired) electrons. The Balaban J connectivity index is 1.61. The van der Waals surface area contributed by atoms with Gasteiger partial charge in [0.1, 0.15) is 18.2 Å². The van der Waals surface area contributed by atoms with Crippen LogP contribution in [0.1, 0.15) is 63.1 Å². The van der Waals surface area contributed by atoms with Crippen LogP contribution in [0.15, 0.2) is 54.7 Å². The Hall–Kier alpha value is -3.01. The van der Waals surface area contributed by atoms with Crippen LogP contribution in [0.25, 0.3) is 11.1 Å². The second kappa shape index (κ2) is 12.7. The van der Waals surface area contributed by atoms with E-state index in [4.69, 9.17) is 9.47 Å². The minimum Gasteiger partial charge on any atom is -0.489 e. The number of rotatable bonds is 13. The predicted octanol–water partition coefficient (Wildman–Crippen LogP) is 6.48. The standard InChI is InChI=1S/C31H39FN2O5S/c1-20(2)34(21(3)4)17-25-13-22(9-12-27(25)28-15-31(38-5)33-16-30(28)32)18-39-26-8-6-7-24(14-26)29(23-10-11-23)19-40(35,36)37/h6-9,12-16,20-21,23,29H,10-11,17-19H2,1-5H3,(H,35,36,37). The maximum absolute atomic E-state index is 15.0. The first kappa shape index (κ1) is 30.0. The van der Waals surface area contributed by atoms with Crippen molar-refractivity contribution < 1.29 is 26.8 Å². The molecule has 1 fully saturated rings. The van der Waals surface area contributed by atoms with E-state index < -0.39 is 15.9 Å². The summed E-state index contributed by atoms with van der Waals surface area (Å²) in [6.07, 6.45) is 3.09. The number of aromatic nitrogens is 1. The van der Waals surface area contributed by atoms with Gasteiger partial charge in [0.2, 0.25) is 5.88 Å². The molecule has 1 saturated carbocycles. The summed E-state index contributed by atoms with van der Waals surface area (Å²) in [7, 11) is -2.58. The molecule has 9 heteroatoms. The number of methoxy groups -OCH3 is 1. The Morgan fingerprint density at radius 2 is 1.77 bits per heavy atom. The molecule has 1 aromatic heterocycles. The Bertz CT molecular complexity index is 1410. The van der Waals surface area contributed by atoms with E-state index >= 15 is 0 Å². The van der Waals surface area contributed by atoms with Gasteiger partial charge in [-0.2, -0.15) is 8.42 Å². The van der Waals surface area contributed by atoms with Crippen molar-refractivity contribution in [3.63, 3.8) is 0 Å². The van der Waals surface area contributed by atoms with Gasteiger partial charge in [-0.05, 0) is 80.8 Å². The Morgan fingerprint density at radius 3 is 2.40 bits per heavy atom. The molecule has 0 aliphatic heterocycles. The zero-order chi connectivity index (χ0) is 29.0. The van der Waals surface area contributed by atoms with Gasteiger partial charge in [0, 0.05) is 36.2 Å². The molecule has 4 rings (SSSR count). The molecule has 0 saturated heterocycles. The summed E-state index contributed by atoms with van der Waals surface area (Å²) in [6, 6.07) is 15.5. The Labute approximate surface area is 237 Å². The number of benzene rings is 2. The van der Waals surface area contributed by atoms with E-state index in [1.165, 1.54) is 13.3 Å². The second-order valence-electron chi connectivity index (χ2n) is 11.1. The molecule has 1 aliphatic carbocycles. The summed E-state index contributed by atoms with van der Waals surface area (Å²) in [5, 5.41) is 0. The highest BCUT2D eigenvalue weighted by atomic mass is 32.2. The first-order chi connectivity index (χ1) is 18.9. The van der Waals surface area contributed by atoms with Crippen molar-refractivity contribution >= 4 is 10.1 Å². The largest absolute Gasteiger partial charge is 0.489 e. The fourth-order valence-corrected chi connectivity index (χ4v) is 6.18. The van der Waals surface area contributed by atoms with Crippen molar-refractivity contribution in [1.29, 1.82) is 0 Å². The highest BCUT2D eigenvalue weighted by Crippen LogP contribution is 2.44. The van der Waals surface area contributed by atoms with Gasteiger partial charge in [0.25, 0.3) is 10.1 Å². The zero-order valence-electron chi connectivity index (χ0n) is 23.8. The number of ether oxygens (including phenoxy) is 2. The van der Waals surface area contributed by atoms with Crippen molar-refractivity contribution in [2.45, 2.75) is 71.7 Å². The number of hydrogen-bond acceptors (Lipinski definition) is 6. The molecule has 0 bridgehead atoms. The Kier molecular flexibility index (Phi) is 9.48. The average molecular weight is 571 g/mol. The second-order valence-corrected chi connectivity index (χ2v) is 12.6. The van der Waals surface area contributed by atoms with Crippen LogP contribution in [-0.4, -0.2) is 47.8 Å². The molecule has 216 valence electrons. The van der Waals surface area contributed by atoms with E-state index in [1.54, 1.807) is 6.07 Å². The van der Waals surface area contributed by atoms with Crippen molar-refractivity contribution in [1.82, 2.24) is 9.88 Å². The van der Waals surface area contributed by atoms with Crippen molar-refractivity contribution in [2.75, 3.05) is 12.9 Å². The lowest BCUT2D eigenvalue weighted by molar-refractivity contribution is 0.166. The normalized spacial score (nSPS) is 14.7. The monoisotopic (exact) mass is 570 g/mol. The molecule has 1 unspecified atom stereocenters. The molecular weight excluding hydrogens is 531 g/mol. The Morgan fingerprint density at radius 1 is 1.05 bits per heavy atom. The molecule has 1 atom stereocenters. The van der Waals surface area contributed by atoms with Crippen LogP contribution in [0.4, 0.5) is 4.39 Å². The van der Waals surface area contributed by atoms with Crippen LogP contribution in [-0.2, 0) is 23.3 Å². The third-order valence-electron chi connectivity index (χ3n) is 7.45. The SMILES string of the molecule is COc1cc(-c2ccc(COc3cccc(C(CS(=O)(=O)O)C4CC4)c3)cc2CN(C(C)C)C(C)C)c(F)cn1. The smallest absolute Gasteiger partial charge is 0.265 e. The van der Waals surface area contributed by atoms with Gasteiger partial charge in [-0.25, -0.2) is 9.37 Å². The van der Waals surface area contributed by atoms with E-state index in [0.29, 0.717) is 23.7 Å². The molecule has 2 aromatic carbocycles. The fraction of sp³-hybridized carbons (Fsp3) is 0.452. The molecule has 0 spiro atoms. The summed E-state index contributed by atoms with van der Waals surface area (Å²) in [4.78, 5) is 6.33. The van der Waals surface area contributed by atoms with Gasteiger partial charge in [-0.3, -0.25) is 9.45 Å². The lowest BCUT2D eigenvalue weighted by atomic mass is 9.96. The van der Waals surface area contributed by atoms with Crippen LogP contribution >= 0.6 is 0 Å². The van der Waals surface area contributed by atoms with Crippen LogP contribution in [0.5, 0.6) is 11.6 Å². The molecule has 40 heavy (non-hydrogen) atoms. The molecule has 1 N–H and O–H groups in total. The number of nitrogens with zero attached hydrogens (tertiary/aromatic N) is 2. The molecule has 3 aromatic rings. The summed E-state index contributed by atoms with van der Waals surface area (Å²) < 4.78 is 59.0. The summed E-state index contributed by atoms with van der Waals surface area (Å²) >= 11 is 0. The predicted molar refractivity (Wildman–Crippen MR) is 155 cm³/mol. The van der Waals surface area contributed by atoms with Crippen LogP contribution in [0.3, 0.4) is 0 Å². The third kappa shape index (κ3) is 7.80. The van der Waals surface area contributed by atoms with Crippen molar-refractivity contribution in [3.05, 3.63) is 77.2 Å². The topological polar surface area (TPSA) is 89.0 Å². The van der Waals surface area contributed by atoms with Gasteiger partial charge in [-0.15, -0.1) is 0 Å². The van der Waals surface area contributed by atoms with E-state index in [-0.39, 0.29) is 36.3 Å². The van der Waals surface area contributed by atoms with E-state index in [2.05, 4.69) is 43.6 Å². The maximum atomic E-state index is 15.0. The quantitative estimate of drug-likeness (QED) is 0.236. The zero-order valence-corrected chi connectivity index (χ0v) is 24.6. The van der Waals surface area contributed by atoms with Gasteiger partial charge in [0.05, 0.1) is 19.1 Å². The van der Waals surface area contributed by atoms with Gasteiger partial charge in [0.15, 0.2) is 0 Å². The molecule has 1 aliphatic rings. The first-order valence-electron chi connectivity index (χ1n) is 13.7. The highest BCUT2D eigenvalue weighted by molar-refractivity contribution is 7.85. The van der Waals surface area contributed by atoms with Gasteiger partial charge in [-0.1, -0.05) is 30.3 Å².